The van der Waals surface area contributed by atoms with Crippen LogP contribution in [0, 0.1) is 17.3 Å². The molecule has 0 radical (unpaired) electrons. The summed E-state index contributed by atoms with van der Waals surface area (Å²) in [6.45, 7) is 8.75. The number of hydrogen-bond donors (Lipinski definition) is 1. The molecule has 0 aromatic heterocycles. The second-order valence-corrected chi connectivity index (χ2v) is 6.45. The van der Waals surface area contributed by atoms with Gasteiger partial charge in [0.15, 0.2) is 0 Å². The molecule has 19 heavy (non-hydrogen) atoms. The molecule has 0 aromatic carbocycles. The van der Waals surface area contributed by atoms with E-state index in [2.05, 4.69) is 24.1 Å². The minimum atomic E-state index is -0.172. The lowest BCUT2D eigenvalue weighted by atomic mass is 9.74. The smallest absolute Gasteiger partial charge is 0.230 e. The molecule has 2 atom stereocenters. The molecule has 4 nitrogen and oxygen atoms in total. The molecule has 2 unspecified atom stereocenters. The number of carbonyl (C=O) groups is 1. The minimum absolute atomic E-state index is 0.172. The van der Waals surface area contributed by atoms with Crippen LogP contribution in [-0.4, -0.2) is 50.7 Å². The summed E-state index contributed by atoms with van der Waals surface area (Å²) in [5.41, 5.74) is -0.172. The van der Waals surface area contributed by atoms with E-state index < -0.39 is 0 Å². The van der Waals surface area contributed by atoms with Crippen LogP contribution in [0.4, 0.5) is 0 Å². The van der Waals surface area contributed by atoms with E-state index in [4.69, 9.17) is 4.74 Å². The number of rotatable bonds is 4. The van der Waals surface area contributed by atoms with E-state index in [1.165, 1.54) is 6.42 Å². The first-order chi connectivity index (χ1) is 9.10. The van der Waals surface area contributed by atoms with E-state index in [0.717, 1.165) is 45.6 Å². The third-order valence-corrected chi connectivity index (χ3v) is 4.93. The molecule has 2 heterocycles. The number of piperidine rings is 1. The Labute approximate surface area is 116 Å². The molecule has 2 aliphatic heterocycles. The van der Waals surface area contributed by atoms with Crippen LogP contribution in [0.2, 0.25) is 0 Å². The molecule has 0 spiro atoms. The molecular weight excluding hydrogens is 240 g/mol. The number of nitrogens with zero attached hydrogens (tertiary/aromatic N) is 1. The normalized spacial score (nSPS) is 32.0. The molecule has 2 aliphatic rings. The summed E-state index contributed by atoms with van der Waals surface area (Å²) in [6, 6.07) is 0. The SMILES string of the molecule is COCC1CCCN(C(=O)C2(C(C)C)CCNC2)C1. The van der Waals surface area contributed by atoms with Crippen LogP contribution in [0.1, 0.15) is 33.1 Å². The summed E-state index contributed by atoms with van der Waals surface area (Å²) < 4.78 is 5.26. The molecule has 4 heteroatoms. The summed E-state index contributed by atoms with van der Waals surface area (Å²) in [6.07, 6.45) is 3.28. The van der Waals surface area contributed by atoms with Gasteiger partial charge in [0.2, 0.25) is 5.91 Å². The molecule has 0 aliphatic carbocycles. The molecule has 2 rings (SSSR count). The van der Waals surface area contributed by atoms with Crippen LogP contribution in [0.5, 0.6) is 0 Å². The second kappa shape index (κ2) is 6.23. The number of carbonyl (C=O) groups excluding carboxylic acids is 1. The van der Waals surface area contributed by atoms with Gasteiger partial charge in [-0.05, 0) is 37.6 Å². The van der Waals surface area contributed by atoms with E-state index in [1.54, 1.807) is 7.11 Å². The van der Waals surface area contributed by atoms with Crippen LogP contribution in [0.25, 0.3) is 0 Å². The monoisotopic (exact) mass is 268 g/mol. The highest BCUT2D eigenvalue weighted by molar-refractivity contribution is 5.83. The number of amides is 1. The molecule has 0 bridgehead atoms. The Balaban J connectivity index is 2.05. The molecule has 110 valence electrons. The molecule has 1 N–H and O–H groups in total. The predicted molar refractivity (Wildman–Crippen MR) is 75.9 cm³/mol. The van der Waals surface area contributed by atoms with E-state index in [1.807, 2.05) is 0 Å². The van der Waals surface area contributed by atoms with Crippen molar-refractivity contribution < 1.29 is 9.53 Å². The van der Waals surface area contributed by atoms with Gasteiger partial charge < -0.3 is 15.0 Å². The summed E-state index contributed by atoms with van der Waals surface area (Å²) >= 11 is 0. The van der Waals surface area contributed by atoms with E-state index in [0.29, 0.717) is 17.7 Å². The first-order valence-electron chi connectivity index (χ1n) is 7.59. The van der Waals surface area contributed by atoms with Crippen molar-refractivity contribution in [1.29, 1.82) is 0 Å². The van der Waals surface area contributed by atoms with Gasteiger partial charge >= 0.3 is 0 Å². The zero-order chi connectivity index (χ0) is 13.9. The van der Waals surface area contributed by atoms with Gasteiger partial charge in [-0.25, -0.2) is 0 Å². The van der Waals surface area contributed by atoms with Crippen molar-refractivity contribution in [3.05, 3.63) is 0 Å². The van der Waals surface area contributed by atoms with Crippen molar-refractivity contribution in [2.24, 2.45) is 17.3 Å². The van der Waals surface area contributed by atoms with E-state index in [9.17, 15) is 4.79 Å². The highest BCUT2D eigenvalue weighted by atomic mass is 16.5. The van der Waals surface area contributed by atoms with Crippen LogP contribution in [0.3, 0.4) is 0 Å². The van der Waals surface area contributed by atoms with Gasteiger partial charge in [-0.3, -0.25) is 4.79 Å². The Morgan fingerprint density at radius 3 is 2.89 bits per heavy atom. The highest BCUT2D eigenvalue weighted by Crippen LogP contribution is 2.37. The Morgan fingerprint density at radius 2 is 2.32 bits per heavy atom. The van der Waals surface area contributed by atoms with Crippen LogP contribution in [0.15, 0.2) is 0 Å². The topological polar surface area (TPSA) is 41.6 Å². The Bertz CT molecular complexity index is 309. The lowest BCUT2D eigenvalue weighted by Gasteiger charge is -2.40. The average Bonchev–Trinajstić information content (AvgIpc) is 2.89. The third kappa shape index (κ3) is 2.95. The van der Waals surface area contributed by atoms with Gasteiger partial charge in [-0.2, -0.15) is 0 Å². The lowest BCUT2D eigenvalue weighted by molar-refractivity contribution is -0.146. The average molecular weight is 268 g/mol. The molecule has 0 saturated carbocycles. The Kier molecular flexibility index (Phi) is 4.85. The summed E-state index contributed by atoms with van der Waals surface area (Å²) in [5.74, 6) is 1.28. The summed E-state index contributed by atoms with van der Waals surface area (Å²) in [7, 11) is 1.75. The standard InChI is InChI=1S/C15H28N2O2/c1-12(2)15(6-7-16-11-15)14(18)17-8-4-5-13(9-17)10-19-3/h12-13,16H,4-11H2,1-3H3. The summed E-state index contributed by atoms with van der Waals surface area (Å²) in [4.78, 5) is 15.1. The van der Waals surface area contributed by atoms with Crippen molar-refractivity contribution in [1.82, 2.24) is 10.2 Å². The zero-order valence-corrected chi connectivity index (χ0v) is 12.6. The quantitative estimate of drug-likeness (QED) is 0.840. The molecule has 0 aromatic rings. The number of hydrogen-bond acceptors (Lipinski definition) is 3. The van der Waals surface area contributed by atoms with Gasteiger partial charge in [-0.15, -0.1) is 0 Å². The fourth-order valence-electron chi connectivity index (χ4n) is 3.57. The van der Waals surface area contributed by atoms with Crippen LogP contribution >= 0.6 is 0 Å². The van der Waals surface area contributed by atoms with Gasteiger partial charge in [0.05, 0.1) is 12.0 Å². The Morgan fingerprint density at radius 1 is 1.53 bits per heavy atom. The number of ether oxygens (including phenoxy) is 1. The lowest BCUT2D eigenvalue weighted by Crippen LogP contribution is -2.51. The van der Waals surface area contributed by atoms with Crippen molar-refractivity contribution in [3.63, 3.8) is 0 Å². The molecule has 2 saturated heterocycles. The second-order valence-electron chi connectivity index (χ2n) is 6.45. The maximum absolute atomic E-state index is 13.0. The van der Waals surface area contributed by atoms with Gasteiger partial charge in [0.25, 0.3) is 0 Å². The highest BCUT2D eigenvalue weighted by Gasteiger charge is 2.46. The summed E-state index contributed by atoms with van der Waals surface area (Å²) in [5, 5.41) is 3.38. The van der Waals surface area contributed by atoms with Gasteiger partial charge in [0, 0.05) is 26.7 Å². The fraction of sp³-hybridized carbons (Fsp3) is 0.933. The minimum Gasteiger partial charge on any atom is -0.384 e. The van der Waals surface area contributed by atoms with Crippen LogP contribution < -0.4 is 5.32 Å². The maximum Gasteiger partial charge on any atom is 0.230 e. The Hall–Kier alpha value is -0.610. The van der Waals surface area contributed by atoms with E-state index >= 15 is 0 Å². The number of likely N-dealkylation sites (tertiary alicyclic amines) is 1. The van der Waals surface area contributed by atoms with Crippen molar-refractivity contribution in [3.8, 4) is 0 Å². The molecule has 2 fully saturated rings. The van der Waals surface area contributed by atoms with Gasteiger partial charge in [-0.1, -0.05) is 13.8 Å². The van der Waals surface area contributed by atoms with Crippen molar-refractivity contribution in [2.75, 3.05) is 39.9 Å². The predicted octanol–water partition coefficient (Wildman–Crippen LogP) is 1.51. The third-order valence-electron chi connectivity index (χ3n) is 4.93. The van der Waals surface area contributed by atoms with Gasteiger partial charge in [0.1, 0.15) is 0 Å². The van der Waals surface area contributed by atoms with Crippen molar-refractivity contribution in [2.45, 2.75) is 33.1 Å². The van der Waals surface area contributed by atoms with Crippen molar-refractivity contribution >= 4 is 5.91 Å². The molecule has 1 amide bonds. The first-order valence-corrected chi connectivity index (χ1v) is 7.59. The maximum atomic E-state index is 13.0. The van der Waals surface area contributed by atoms with Crippen LogP contribution in [-0.2, 0) is 9.53 Å². The zero-order valence-electron chi connectivity index (χ0n) is 12.6. The largest absolute Gasteiger partial charge is 0.384 e. The first kappa shape index (κ1) is 14.8. The van der Waals surface area contributed by atoms with E-state index in [-0.39, 0.29) is 5.41 Å². The number of nitrogens with one attached hydrogen (secondary N) is 1. The molecular formula is C15H28N2O2. The fourth-order valence-corrected chi connectivity index (χ4v) is 3.57. The number of methoxy groups -OCH3 is 1.